The van der Waals surface area contributed by atoms with Crippen molar-refractivity contribution in [2.75, 3.05) is 13.7 Å². The van der Waals surface area contributed by atoms with Gasteiger partial charge in [0, 0.05) is 18.1 Å². The van der Waals surface area contributed by atoms with E-state index in [1.165, 1.54) is 0 Å². The van der Waals surface area contributed by atoms with Crippen LogP contribution in [0.4, 0.5) is 0 Å². The number of rotatable bonds is 9. The van der Waals surface area contributed by atoms with E-state index in [9.17, 15) is 0 Å². The summed E-state index contributed by atoms with van der Waals surface area (Å²) in [5, 5.41) is 0. The molecule has 4 aromatic rings. The minimum atomic E-state index is 0.480. The van der Waals surface area contributed by atoms with Crippen molar-refractivity contribution in [1.29, 1.82) is 0 Å². The van der Waals surface area contributed by atoms with Crippen molar-refractivity contribution in [3.05, 3.63) is 95.9 Å². The summed E-state index contributed by atoms with van der Waals surface area (Å²) in [5.74, 6) is 3.84. The predicted molar refractivity (Wildman–Crippen MR) is 120 cm³/mol. The van der Waals surface area contributed by atoms with E-state index < -0.39 is 0 Å². The van der Waals surface area contributed by atoms with Gasteiger partial charge in [0.2, 0.25) is 5.89 Å². The van der Waals surface area contributed by atoms with Crippen LogP contribution in [0.15, 0.2) is 83.3 Å². The molecule has 5 heteroatoms. The summed E-state index contributed by atoms with van der Waals surface area (Å²) in [6.45, 7) is 2.95. The summed E-state index contributed by atoms with van der Waals surface area (Å²) in [4.78, 5) is 4.62. The molecule has 0 aliphatic heterocycles. The third-order valence-corrected chi connectivity index (χ3v) is 4.89. The first-order valence-corrected chi connectivity index (χ1v) is 10.2. The lowest BCUT2D eigenvalue weighted by atomic mass is 10.2. The molecule has 0 radical (unpaired) electrons. The molecular weight excluding hydrogens is 390 g/mol. The highest BCUT2D eigenvalue weighted by Crippen LogP contribution is 2.23. The van der Waals surface area contributed by atoms with Crippen molar-refractivity contribution in [3.63, 3.8) is 0 Å². The molecule has 0 N–H and O–H groups in total. The summed E-state index contributed by atoms with van der Waals surface area (Å²) in [7, 11) is 1.64. The first-order valence-electron chi connectivity index (χ1n) is 10.2. The van der Waals surface area contributed by atoms with Crippen LogP contribution in [-0.2, 0) is 13.0 Å². The van der Waals surface area contributed by atoms with E-state index in [-0.39, 0.29) is 0 Å². The van der Waals surface area contributed by atoms with Gasteiger partial charge >= 0.3 is 0 Å². The number of ether oxygens (including phenoxy) is 3. The lowest BCUT2D eigenvalue weighted by Crippen LogP contribution is -2.03. The van der Waals surface area contributed by atoms with Crippen LogP contribution >= 0.6 is 0 Å². The molecule has 1 heterocycles. The molecule has 0 saturated heterocycles. The van der Waals surface area contributed by atoms with E-state index in [4.69, 9.17) is 18.6 Å². The van der Waals surface area contributed by atoms with E-state index in [2.05, 4.69) is 4.98 Å². The molecule has 0 aliphatic carbocycles. The normalized spacial score (nSPS) is 10.6. The maximum Gasteiger partial charge on any atom is 0.226 e. The summed E-state index contributed by atoms with van der Waals surface area (Å²) < 4.78 is 22.7. The fraction of sp³-hybridized carbons (Fsp3) is 0.192. The number of oxazole rings is 1. The number of methoxy groups -OCH3 is 1. The molecule has 0 saturated carbocycles. The van der Waals surface area contributed by atoms with Gasteiger partial charge in [-0.05, 0) is 48.9 Å². The minimum Gasteiger partial charge on any atom is -0.497 e. The zero-order valence-electron chi connectivity index (χ0n) is 17.7. The number of hydrogen-bond donors (Lipinski definition) is 0. The van der Waals surface area contributed by atoms with Gasteiger partial charge in [-0.25, -0.2) is 4.98 Å². The molecule has 4 rings (SSSR count). The Hall–Kier alpha value is -3.73. The average molecular weight is 415 g/mol. The number of hydrogen-bond acceptors (Lipinski definition) is 5. The van der Waals surface area contributed by atoms with E-state index >= 15 is 0 Å². The van der Waals surface area contributed by atoms with Crippen LogP contribution in [0.3, 0.4) is 0 Å². The molecule has 0 aliphatic rings. The molecule has 0 amide bonds. The quantitative estimate of drug-likeness (QED) is 0.343. The second-order valence-corrected chi connectivity index (χ2v) is 7.10. The van der Waals surface area contributed by atoms with Gasteiger partial charge in [0.15, 0.2) is 0 Å². The topological polar surface area (TPSA) is 53.7 Å². The highest BCUT2D eigenvalue weighted by Gasteiger charge is 2.11. The third kappa shape index (κ3) is 5.45. The van der Waals surface area contributed by atoms with E-state index in [0.717, 1.165) is 39.8 Å². The van der Waals surface area contributed by atoms with Crippen molar-refractivity contribution in [2.24, 2.45) is 0 Å². The van der Waals surface area contributed by atoms with Crippen molar-refractivity contribution in [2.45, 2.75) is 20.0 Å². The molecule has 0 fully saturated rings. The highest BCUT2D eigenvalue weighted by atomic mass is 16.5. The maximum absolute atomic E-state index is 5.89. The fourth-order valence-electron chi connectivity index (χ4n) is 3.17. The summed E-state index contributed by atoms with van der Waals surface area (Å²) in [6, 6.07) is 25.4. The lowest BCUT2D eigenvalue weighted by Gasteiger charge is -2.09. The Bertz CT molecular complexity index is 1100. The van der Waals surface area contributed by atoms with Crippen molar-refractivity contribution >= 4 is 0 Å². The van der Waals surface area contributed by atoms with E-state index in [1.807, 2.05) is 85.8 Å². The van der Waals surface area contributed by atoms with E-state index in [1.54, 1.807) is 7.11 Å². The summed E-state index contributed by atoms with van der Waals surface area (Å²) in [6.07, 6.45) is 0.683. The molecule has 0 spiro atoms. The third-order valence-electron chi connectivity index (χ3n) is 4.89. The molecule has 0 bridgehead atoms. The average Bonchev–Trinajstić information content (AvgIpc) is 3.20. The van der Waals surface area contributed by atoms with Crippen LogP contribution < -0.4 is 14.2 Å². The Labute approximate surface area is 182 Å². The van der Waals surface area contributed by atoms with Gasteiger partial charge < -0.3 is 18.6 Å². The number of nitrogens with zero attached hydrogens (tertiary/aromatic N) is 1. The summed E-state index contributed by atoms with van der Waals surface area (Å²) >= 11 is 0. The largest absolute Gasteiger partial charge is 0.497 e. The van der Waals surface area contributed by atoms with Crippen LogP contribution in [0, 0.1) is 6.92 Å². The van der Waals surface area contributed by atoms with Gasteiger partial charge in [-0.15, -0.1) is 0 Å². The van der Waals surface area contributed by atoms with Gasteiger partial charge in [0.25, 0.3) is 0 Å². The Kier molecular flexibility index (Phi) is 6.53. The van der Waals surface area contributed by atoms with Crippen LogP contribution in [0.1, 0.15) is 17.0 Å². The van der Waals surface area contributed by atoms with Crippen LogP contribution in [-0.4, -0.2) is 18.7 Å². The molecule has 5 nitrogen and oxygen atoms in total. The summed E-state index contributed by atoms with van der Waals surface area (Å²) in [5.41, 5.74) is 2.96. The molecule has 3 aromatic carbocycles. The van der Waals surface area contributed by atoms with Crippen molar-refractivity contribution in [3.8, 4) is 28.7 Å². The second kappa shape index (κ2) is 9.85. The molecule has 0 atom stereocenters. The van der Waals surface area contributed by atoms with Crippen molar-refractivity contribution < 1.29 is 18.6 Å². The highest BCUT2D eigenvalue weighted by molar-refractivity contribution is 5.53. The van der Waals surface area contributed by atoms with Crippen LogP contribution in [0.5, 0.6) is 17.2 Å². The lowest BCUT2D eigenvalue weighted by molar-refractivity contribution is 0.302. The van der Waals surface area contributed by atoms with Gasteiger partial charge in [0.05, 0.1) is 19.4 Å². The van der Waals surface area contributed by atoms with Gasteiger partial charge in [-0.2, -0.15) is 0 Å². The van der Waals surface area contributed by atoms with Gasteiger partial charge in [-0.3, -0.25) is 0 Å². The molecule has 31 heavy (non-hydrogen) atoms. The smallest absolute Gasteiger partial charge is 0.226 e. The number of aryl methyl sites for hydroxylation is 1. The predicted octanol–water partition coefficient (Wildman–Crippen LogP) is 5.86. The Balaban J connectivity index is 1.27. The Morgan fingerprint density at radius 2 is 1.58 bits per heavy atom. The van der Waals surface area contributed by atoms with Crippen molar-refractivity contribution in [1.82, 2.24) is 4.98 Å². The maximum atomic E-state index is 5.89. The molecular formula is C26H25NO4. The van der Waals surface area contributed by atoms with E-state index in [0.29, 0.717) is 25.5 Å². The SMILES string of the molecule is COc1cccc(OCc2ccc(OCCc3nc(-c4ccccc4)oc3C)cc2)c1. The van der Waals surface area contributed by atoms with Crippen LogP contribution in [0.2, 0.25) is 0 Å². The number of aromatic nitrogens is 1. The zero-order valence-corrected chi connectivity index (χ0v) is 17.7. The van der Waals surface area contributed by atoms with Gasteiger partial charge in [-0.1, -0.05) is 36.4 Å². The molecule has 1 aromatic heterocycles. The minimum absolute atomic E-state index is 0.480. The van der Waals surface area contributed by atoms with Gasteiger partial charge in [0.1, 0.15) is 29.6 Å². The molecule has 0 unspecified atom stereocenters. The fourth-order valence-corrected chi connectivity index (χ4v) is 3.17. The Morgan fingerprint density at radius 1 is 0.806 bits per heavy atom. The molecule has 158 valence electrons. The second-order valence-electron chi connectivity index (χ2n) is 7.10. The number of benzene rings is 3. The monoisotopic (exact) mass is 415 g/mol. The standard InChI is InChI=1S/C26H25NO4/c1-19-25(27-26(31-19)21-7-4-3-5-8-21)15-16-29-22-13-11-20(12-14-22)18-30-24-10-6-9-23(17-24)28-2/h3-14,17H,15-16,18H2,1-2H3. The first kappa shape index (κ1) is 20.5. The van der Waals surface area contributed by atoms with Crippen LogP contribution in [0.25, 0.3) is 11.5 Å². The zero-order chi connectivity index (χ0) is 21.5. The first-order chi connectivity index (χ1) is 15.2. The Morgan fingerprint density at radius 3 is 2.35 bits per heavy atom.